The van der Waals surface area contributed by atoms with E-state index < -0.39 is 0 Å². The van der Waals surface area contributed by atoms with Gasteiger partial charge in [-0.25, -0.2) is 0 Å². The highest BCUT2D eigenvalue weighted by atomic mass is 14.7. The minimum atomic E-state index is 1.12. The summed E-state index contributed by atoms with van der Waals surface area (Å²) >= 11 is 0. The molecule has 1 aliphatic carbocycles. The highest BCUT2D eigenvalue weighted by Gasteiger charge is 2.10. The maximum atomic E-state index is 3.48. The minimum Gasteiger partial charge on any atom is -0.355 e. The van der Waals surface area contributed by atoms with Crippen molar-refractivity contribution in [3.8, 4) is 0 Å². The average Bonchev–Trinajstić information content (AvgIpc) is 2.58. The Bertz CT molecular complexity index is 485. The first-order valence-electron chi connectivity index (χ1n) is 6.21. The van der Waals surface area contributed by atoms with Gasteiger partial charge < -0.3 is 4.98 Å². The summed E-state index contributed by atoms with van der Waals surface area (Å²) in [7, 11) is 0. The summed E-state index contributed by atoms with van der Waals surface area (Å²) in [5, 5.41) is 0. The number of rotatable bonds is 2. The van der Waals surface area contributed by atoms with Crippen molar-refractivity contribution in [1.82, 2.24) is 4.98 Å². The lowest BCUT2D eigenvalue weighted by Crippen LogP contribution is -1.81. The molecule has 88 valence electrons. The number of fused-ring (bicyclic) bond motifs is 1. The summed E-state index contributed by atoms with van der Waals surface area (Å²) in [6.45, 7) is 4.10. The Morgan fingerprint density at radius 1 is 1.00 bits per heavy atom. The van der Waals surface area contributed by atoms with Crippen molar-refractivity contribution in [1.29, 1.82) is 0 Å². The zero-order valence-electron chi connectivity index (χ0n) is 10.5. The Morgan fingerprint density at radius 3 is 2.41 bits per heavy atom. The van der Waals surface area contributed by atoms with Crippen LogP contribution < -0.4 is 0 Å². The number of hydrogen-bond donors (Lipinski definition) is 1. The van der Waals surface area contributed by atoms with E-state index in [1.165, 1.54) is 22.5 Å². The number of aromatic nitrogens is 1. The lowest BCUT2D eigenvalue weighted by atomic mass is 10.0. The summed E-state index contributed by atoms with van der Waals surface area (Å²) in [4.78, 5) is 3.48. The Labute approximate surface area is 103 Å². The second-order valence-electron chi connectivity index (χ2n) is 4.16. The monoisotopic (exact) mass is 225 g/mol. The van der Waals surface area contributed by atoms with Crippen LogP contribution in [0.1, 0.15) is 49.2 Å². The van der Waals surface area contributed by atoms with E-state index in [2.05, 4.69) is 60.5 Å². The summed E-state index contributed by atoms with van der Waals surface area (Å²) in [6, 6.07) is 0. The molecular formula is C16H19N. The Hall–Kier alpha value is -1.76. The van der Waals surface area contributed by atoms with Crippen molar-refractivity contribution in [2.24, 2.45) is 0 Å². The van der Waals surface area contributed by atoms with E-state index in [0.717, 1.165) is 12.8 Å². The quantitative estimate of drug-likeness (QED) is 0.736. The lowest BCUT2D eigenvalue weighted by molar-refractivity contribution is 1.06. The SMILES string of the molecule is C/C=C\c1[nH]c2c(c1/C=C\C)/C=C\CC/C=C\2. The molecule has 1 N–H and O–H groups in total. The summed E-state index contributed by atoms with van der Waals surface area (Å²) < 4.78 is 0. The normalized spacial score (nSPS) is 19.2. The molecule has 0 unspecified atom stereocenters. The van der Waals surface area contributed by atoms with Gasteiger partial charge in [-0.3, -0.25) is 0 Å². The average molecular weight is 225 g/mol. The van der Waals surface area contributed by atoms with Gasteiger partial charge in [-0.1, -0.05) is 36.5 Å². The fourth-order valence-electron chi connectivity index (χ4n) is 2.12. The molecule has 1 heterocycles. The van der Waals surface area contributed by atoms with Crippen molar-refractivity contribution in [3.05, 3.63) is 46.8 Å². The number of hydrogen-bond acceptors (Lipinski definition) is 0. The fraction of sp³-hybridized carbons (Fsp3) is 0.250. The molecule has 0 aromatic carbocycles. The molecule has 1 aromatic rings. The van der Waals surface area contributed by atoms with Crippen molar-refractivity contribution in [2.75, 3.05) is 0 Å². The van der Waals surface area contributed by atoms with E-state index in [9.17, 15) is 0 Å². The van der Waals surface area contributed by atoms with E-state index >= 15 is 0 Å². The van der Waals surface area contributed by atoms with Gasteiger partial charge in [0, 0.05) is 22.5 Å². The van der Waals surface area contributed by atoms with Crippen LogP contribution in [0.3, 0.4) is 0 Å². The van der Waals surface area contributed by atoms with Crippen LogP contribution in [0.15, 0.2) is 24.3 Å². The highest BCUT2D eigenvalue weighted by Crippen LogP contribution is 2.26. The third-order valence-corrected chi connectivity index (χ3v) is 2.88. The van der Waals surface area contributed by atoms with Gasteiger partial charge in [0.1, 0.15) is 0 Å². The molecule has 0 amide bonds. The predicted molar refractivity (Wildman–Crippen MR) is 77.5 cm³/mol. The van der Waals surface area contributed by atoms with Crippen LogP contribution in [-0.4, -0.2) is 4.98 Å². The standard InChI is InChI=1S/C16H19N/c1-3-9-13-14-11-7-5-6-8-12-16(14)17-15(13)10-4-2/h3-4,7-12,17H,5-6H2,1-2H3/b9-3-,10-4-,11-7-,12-8-. The van der Waals surface area contributed by atoms with E-state index in [-0.39, 0.29) is 0 Å². The van der Waals surface area contributed by atoms with Crippen molar-refractivity contribution in [2.45, 2.75) is 26.7 Å². The lowest BCUT2D eigenvalue weighted by Gasteiger charge is -1.99. The third-order valence-electron chi connectivity index (χ3n) is 2.88. The van der Waals surface area contributed by atoms with E-state index in [0.29, 0.717) is 0 Å². The third kappa shape index (κ3) is 2.50. The minimum absolute atomic E-state index is 1.12. The molecule has 1 heteroatoms. The van der Waals surface area contributed by atoms with E-state index in [1.54, 1.807) is 0 Å². The van der Waals surface area contributed by atoms with Gasteiger partial charge in [0.15, 0.2) is 0 Å². The maximum Gasteiger partial charge on any atom is 0.0461 e. The molecule has 0 radical (unpaired) electrons. The number of aromatic amines is 1. The van der Waals surface area contributed by atoms with Gasteiger partial charge in [-0.2, -0.15) is 0 Å². The molecule has 2 rings (SSSR count). The van der Waals surface area contributed by atoms with Gasteiger partial charge in [0.2, 0.25) is 0 Å². The van der Waals surface area contributed by atoms with Gasteiger partial charge in [0.25, 0.3) is 0 Å². The maximum absolute atomic E-state index is 3.48. The van der Waals surface area contributed by atoms with Crippen LogP contribution in [0.25, 0.3) is 24.3 Å². The van der Waals surface area contributed by atoms with Gasteiger partial charge >= 0.3 is 0 Å². The fourth-order valence-corrected chi connectivity index (χ4v) is 2.12. The van der Waals surface area contributed by atoms with Crippen LogP contribution in [0, 0.1) is 0 Å². The zero-order chi connectivity index (χ0) is 12.1. The van der Waals surface area contributed by atoms with Crippen molar-refractivity contribution >= 4 is 24.3 Å². The topological polar surface area (TPSA) is 15.8 Å². The molecule has 1 aliphatic rings. The van der Waals surface area contributed by atoms with Gasteiger partial charge in [-0.05, 0) is 38.8 Å². The molecule has 17 heavy (non-hydrogen) atoms. The van der Waals surface area contributed by atoms with Crippen LogP contribution in [0.5, 0.6) is 0 Å². The first-order chi connectivity index (χ1) is 8.36. The summed E-state index contributed by atoms with van der Waals surface area (Å²) in [5.74, 6) is 0. The Morgan fingerprint density at radius 2 is 1.71 bits per heavy atom. The smallest absolute Gasteiger partial charge is 0.0461 e. The molecule has 0 saturated heterocycles. The molecule has 1 nitrogen and oxygen atoms in total. The molecule has 0 spiro atoms. The van der Waals surface area contributed by atoms with Crippen molar-refractivity contribution in [3.63, 3.8) is 0 Å². The summed E-state index contributed by atoms with van der Waals surface area (Å²) in [5.41, 5.74) is 4.98. The van der Waals surface area contributed by atoms with Crippen LogP contribution >= 0.6 is 0 Å². The predicted octanol–water partition coefficient (Wildman–Crippen LogP) is 4.90. The van der Waals surface area contributed by atoms with Gasteiger partial charge in [0.05, 0.1) is 0 Å². The molecular weight excluding hydrogens is 206 g/mol. The molecule has 1 aromatic heterocycles. The number of allylic oxidation sites excluding steroid dienone is 4. The zero-order valence-corrected chi connectivity index (χ0v) is 10.5. The highest BCUT2D eigenvalue weighted by molar-refractivity contribution is 5.79. The van der Waals surface area contributed by atoms with E-state index in [4.69, 9.17) is 0 Å². The van der Waals surface area contributed by atoms with E-state index in [1.807, 2.05) is 6.92 Å². The number of H-pyrrole nitrogens is 1. The second kappa shape index (κ2) is 5.53. The molecule has 0 saturated carbocycles. The first kappa shape index (κ1) is 11.7. The van der Waals surface area contributed by atoms with Crippen LogP contribution in [-0.2, 0) is 0 Å². The molecule has 0 atom stereocenters. The molecule has 0 fully saturated rings. The van der Waals surface area contributed by atoms with Crippen LogP contribution in [0.2, 0.25) is 0 Å². The molecule has 0 aliphatic heterocycles. The van der Waals surface area contributed by atoms with Crippen molar-refractivity contribution < 1.29 is 0 Å². The van der Waals surface area contributed by atoms with Crippen LogP contribution in [0.4, 0.5) is 0 Å². The second-order valence-corrected chi connectivity index (χ2v) is 4.16. The van der Waals surface area contributed by atoms with Gasteiger partial charge in [-0.15, -0.1) is 0 Å². The summed E-state index contributed by atoms with van der Waals surface area (Å²) in [6.07, 6.45) is 19.6. The first-order valence-corrected chi connectivity index (χ1v) is 6.21. The Balaban J connectivity index is 2.60. The number of nitrogens with one attached hydrogen (secondary N) is 1. The largest absolute Gasteiger partial charge is 0.355 e. The Kier molecular flexibility index (Phi) is 3.81. The molecule has 0 bridgehead atoms.